The van der Waals surface area contributed by atoms with Gasteiger partial charge in [0.1, 0.15) is 5.69 Å². The molecule has 0 fully saturated rings. The molecule has 2 amide bonds. The first-order chi connectivity index (χ1) is 11.4. The Morgan fingerprint density at radius 2 is 1.92 bits per heavy atom. The molecule has 0 radical (unpaired) electrons. The van der Waals surface area contributed by atoms with Gasteiger partial charge in [-0.15, -0.1) is 0 Å². The Labute approximate surface area is 142 Å². The maximum absolute atomic E-state index is 12.7. The molecule has 1 aliphatic heterocycles. The number of anilines is 1. The Hall–Kier alpha value is -2.86. The summed E-state index contributed by atoms with van der Waals surface area (Å²) in [6, 6.07) is 4.70. The molecule has 3 rings (SSSR count). The number of carbonyl (C=O) groups excluding carboxylic acids is 3. The van der Waals surface area contributed by atoms with Crippen LogP contribution in [-0.2, 0) is 9.59 Å². The minimum Gasteiger partial charge on any atom is -0.295 e. The number of nitrogens with zero attached hydrogens (tertiary/aromatic N) is 3. The third kappa shape index (κ3) is 2.51. The number of hydrogen-bond donors (Lipinski definition) is 0. The van der Waals surface area contributed by atoms with Crippen LogP contribution >= 0.6 is 11.6 Å². The first-order valence-electron chi connectivity index (χ1n) is 7.08. The molecule has 120 valence electrons. The van der Waals surface area contributed by atoms with E-state index in [9.17, 15) is 14.4 Å². The molecular formula is C17H12ClN3O3. The van der Waals surface area contributed by atoms with Gasteiger partial charge < -0.3 is 0 Å². The Kier molecular flexibility index (Phi) is 3.99. The van der Waals surface area contributed by atoms with Crippen LogP contribution in [0.15, 0.2) is 36.8 Å². The zero-order valence-corrected chi connectivity index (χ0v) is 13.7. The van der Waals surface area contributed by atoms with Crippen molar-refractivity contribution in [1.29, 1.82) is 0 Å². The predicted molar refractivity (Wildman–Crippen MR) is 89.3 cm³/mol. The standard InChI is InChI=1S/C17H12ClN3O3/c1-9(22)11-3-4-14-12(7-11)15(17(24)21(14)10(2)23)16(18)13-8-19-5-6-20-13/h3-8H,1-2H3/b16-15+. The maximum Gasteiger partial charge on any atom is 0.267 e. The van der Waals surface area contributed by atoms with Crippen LogP contribution in [0.2, 0.25) is 0 Å². The highest BCUT2D eigenvalue weighted by atomic mass is 35.5. The predicted octanol–water partition coefficient (Wildman–Crippen LogP) is 2.68. The van der Waals surface area contributed by atoms with Gasteiger partial charge in [-0.25, -0.2) is 4.90 Å². The first-order valence-corrected chi connectivity index (χ1v) is 7.46. The number of aromatic nitrogens is 2. The molecule has 6 nitrogen and oxygen atoms in total. The molecule has 0 bridgehead atoms. The SMILES string of the molecule is CC(=O)c1ccc2c(c1)/C(=C(\Cl)c1cnccn1)C(=O)N2C(C)=O. The third-order valence-corrected chi connectivity index (χ3v) is 4.04. The average molecular weight is 342 g/mol. The number of amides is 2. The van der Waals surface area contributed by atoms with E-state index in [1.807, 2.05) is 0 Å². The van der Waals surface area contributed by atoms with Crippen molar-refractivity contribution in [2.75, 3.05) is 4.90 Å². The lowest BCUT2D eigenvalue weighted by Gasteiger charge is -2.12. The number of ketones is 1. The Morgan fingerprint density at radius 1 is 1.17 bits per heavy atom. The lowest BCUT2D eigenvalue weighted by Crippen LogP contribution is -2.31. The van der Waals surface area contributed by atoms with E-state index in [1.54, 1.807) is 18.2 Å². The fraction of sp³-hybridized carbons (Fsp3) is 0.118. The summed E-state index contributed by atoms with van der Waals surface area (Å²) >= 11 is 6.37. The monoisotopic (exact) mass is 341 g/mol. The summed E-state index contributed by atoms with van der Waals surface area (Å²) in [5, 5.41) is 0.0822. The molecule has 0 N–H and O–H groups in total. The molecule has 0 spiro atoms. The minimum absolute atomic E-state index is 0.0822. The van der Waals surface area contributed by atoms with Gasteiger partial charge in [-0.05, 0) is 25.1 Å². The van der Waals surface area contributed by atoms with Gasteiger partial charge in [0.2, 0.25) is 5.91 Å². The van der Waals surface area contributed by atoms with E-state index in [4.69, 9.17) is 11.6 Å². The molecule has 2 aromatic rings. The summed E-state index contributed by atoms with van der Waals surface area (Å²) in [5.74, 6) is -1.13. The molecule has 1 aromatic heterocycles. The summed E-state index contributed by atoms with van der Waals surface area (Å²) < 4.78 is 0. The molecule has 0 aliphatic carbocycles. The van der Waals surface area contributed by atoms with Crippen molar-refractivity contribution >= 4 is 45.5 Å². The lowest BCUT2D eigenvalue weighted by molar-refractivity contribution is -0.122. The number of fused-ring (bicyclic) bond motifs is 1. The highest BCUT2D eigenvalue weighted by Gasteiger charge is 2.37. The zero-order chi connectivity index (χ0) is 17.4. The number of rotatable bonds is 2. The van der Waals surface area contributed by atoms with Crippen molar-refractivity contribution in [1.82, 2.24) is 9.97 Å². The maximum atomic E-state index is 12.7. The minimum atomic E-state index is -0.547. The normalized spacial score (nSPS) is 15.3. The summed E-state index contributed by atoms with van der Waals surface area (Å²) in [6.07, 6.45) is 4.36. The first kappa shape index (κ1) is 16.0. The summed E-state index contributed by atoms with van der Waals surface area (Å²) in [7, 11) is 0. The second-order valence-corrected chi connectivity index (χ2v) is 5.61. The highest BCUT2D eigenvalue weighted by molar-refractivity contribution is 6.60. The van der Waals surface area contributed by atoms with Crippen molar-refractivity contribution in [3.63, 3.8) is 0 Å². The quantitative estimate of drug-likeness (QED) is 0.619. The van der Waals surface area contributed by atoms with Crippen molar-refractivity contribution in [2.24, 2.45) is 0 Å². The van der Waals surface area contributed by atoms with Gasteiger partial charge in [0.15, 0.2) is 5.78 Å². The van der Waals surface area contributed by atoms with Gasteiger partial charge in [-0.3, -0.25) is 24.4 Å². The number of hydrogen-bond acceptors (Lipinski definition) is 5. The molecule has 0 atom stereocenters. The van der Waals surface area contributed by atoms with E-state index < -0.39 is 11.8 Å². The van der Waals surface area contributed by atoms with Crippen LogP contribution in [0.5, 0.6) is 0 Å². The number of benzene rings is 1. The van der Waals surface area contributed by atoms with Crippen LogP contribution in [0.3, 0.4) is 0 Å². The molecular weight excluding hydrogens is 330 g/mol. The van der Waals surface area contributed by atoms with Crippen LogP contribution < -0.4 is 4.90 Å². The number of imide groups is 1. The second kappa shape index (κ2) is 5.98. The Morgan fingerprint density at radius 3 is 2.50 bits per heavy atom. The van der Waals surface area contributed by atoms with Gasteiger partial charge in [0, 0.05) is 30.4 Å². The number of halogens is 1. The van der Waals surface area contributed by atoms with E-state index in [2.05, 4.69) is 9.97 Å². The number of Topliss-reactive ketones (excluding diaryl/α,β-unsaturated/α-hetero) is 1. The fourth-order valence-corrected chi connectivity index (χ4v) is 2.83. The molecule has 1 aliphatic rings. The second-order valence-electron chi connectivity index (χ2n) is 5.23. The van der Waals surface area contributed by atoms with Crippen molar-refractivity contribution < 1.29 is 14.4 Å². The average Bonchev–Trinajstić information content (AvgIpc) is 2.86. The van der Waals surface area contributed by atoms with Gasteiger partial charge in [-0.2, -0.15) is 0 Å². The van der Waals surface area contributed by atoms with E-state index in [-0.39, 0.29) is 16.4 Å². The largest absolute Gasteiger partial charge is 0.295 e. The molecule has 7 heteroatoms. The molecule has 0 saturated carbocycles. The van der Waals surface area contributed by atoms with Crippen LogP contribution in [0, 0.1) is 0 Å². The Bertz CT molecular complexity index is 907. The molecule has 0 unspecified atom stereocenters. The molecule has 1 aromatic carbocycles. The van der Waals surface area contributed by atoms with E-state index in [0.29, 0.717) is 22.5 Å². The van der Waals surface area contributed by atoms with Crippen molar-refractivity contribution in [2.45, 2.75) is 13.8 Å². The van der Waals surface area contributed by atoms with Crippen LogP contribution in [0.1, 0.15) is 35.5 Å². The topological polar surface area (TPSA) is 80.2 Å². The summed E-state index contributed by atoms with van der Waals surface area (Å²) in [5.41, 5.74) is 1.69. The van der Waals surface area contributed by atoms with Gasteiger partial charge >= 0.3 is 0 Å². The van der Waals surface area contributed by atoms with Crippen LogP contribution in [0.4, 0.5) is 5.69 Å². The molecule has 24 heavy (non-hydrogen) atoms. The van der Waals surface area contributed by atoms with E-state index in [0.717, 1.165) is 4.90 Å². The molecule has 2 heterocycles. The summed E-state index contributed by atoms with van der Waals surface area (Å²) in [6.45, 7) is 2.72. The van der Waals surface area contributed by atoms with Gasteiger partial charge in [-0.1, -0.05) is 11.6 Å². The number of carbonyl (C=O) groups is 3. The van der Waals surface area contributed by atoms with Crippen molar-refractivity contribution in [3.05, 3.63) is 53.6 Å². The van der Waals surface area contributed by atoms with Gasteiger partial charge in [0.25, 0.3) is 5.91 Å². The fourth-order valence-electron chi connectivity index (χ4n) is 2.55. The van der Waals surface area contributed by atoms with Gasteiger partial charge in [0.05, 0.1) is 22.5 Å². The van der Waals surface area contributed by atoms with Crippen LogP contribution in [0.25, 0.3) is 10.6 Å². The van der Waals surface area contributed by atoms with E-state index >= 15 is 0 Å². The molecule has 0 saturated heterocycles. The summed E-state index contributed by atoms with van der Waals surface area (Å²) in [4.78, 5) is 45.3. The zero-order valence-electron chi connectivity index (χ0n) is 12.9. The van der Waals surface area contributed by atoms with E-state index in [1.165, 1.54) is 32.4 Å². The lowest BCUT2D eigenvalue weighted by atomic mass is 10.0. The van der Waals surface area contributed by atoms with Crippen molar-refractivity contribution in [3.8, 4) is 0 Å². The third-order valence-electron chi connectivity index (χ3n) is 3.65. The Balaban J connectivity index is 2.29. The highest BCUT2D eigenvalue weighted by Crippen LogP contribution is 2.42. The van der Waals surface area contributed by atoms with Crippen LogP contribution in [-0.4, -0.2) is 27.6 Å². The smallest absolute Gasteiger partial charge is 0.267 e.